The maximum absolute atomic E-state index is 11.6. The van der Waals surface area contributed by atoms with Gasteiger partial charge in [0.2, 0.25) is 5.91 Å². The first-order valence-corrected chi connectivity index (χ1v) is 4.78. The Labute approximate surface area is 82.9 Å². The van der Waals surface area contributed by atoms with Gasteiger partial charge in [0.15, 0.2) is 5.78 Å². The quantitative estimate of drug-likeness (QED) is 0.620. The van der Waals surface area contributed by atoms with Gasteiger partial charge < -0.3 is 5.32 Å². The van der Waals surface area contributed by atoms with E-state index in [1.807, 2.05) is 13.8 Å². The number of rotatable bonds is 0. The molecule has 0 spiro atoms. The van der Waals surface area contributed by atoms with Crippen LogP contribution in [-0.2, 0) is 9.59 Å². The zero-order chi connectivity index (χ0) is 10.3. The normalized spacial score (nSPS) is 31.6. The Morgan fingerprint density at radius 2 is 1.93 bits per heavy atom. The number of hydrogen-bond donors (Lipinski definition) is 1. The van der Waals surface area contributed by atoms with Crippen molar-refractivity contribution in [2.24, 2.45) is 5.92 Å². The van der Waals surface area contributed by atoms with Crippen molar-refractivity contribution < 1.29 is 9.59 Å². The van der Waals surface area contributed by atoms with E-state index in [0.29, 0.717) is 0 Å². The van der Waals surface area contributed by atoms with Gasteiger partial charge >= 0.3 is 0 Å². The molecule has 1 aliphatic heterocycles. The molecule has 2 rings (SSSR count). The van der Waals surface area contributed by atoms with Crippen molar-refractivity contribution in [2.75, 3.05) is 0 Å². The molecule has 1 heterocycles. The average molecular weight is 191 g/mol. The molecule has 74 valence electrons. The van der Waals surface area contributed by atoms with E-state index in [4.69, 9.17) is 0 Å². The fraction of sp³-hybridized carbons (Fsp3) is 0.455. The lowest BCUT2D eigenvalue weighted by Gasteiger charge is -2.25. The smallest absolute Gasteiger partial charge is 0.244 e. The van der Waals surface area contributed by atoms with Crippen molar-refractivity contribution in [1.82, 2.24) is 5.32 Å². The molecular weight excluding hydrogens is 178 g/mol. The van der Waals surface area contributed by atoms with Gasteiger partial charge in [-0.2, -0.15) is 0 Å². The van der Waals surface area contributed by atoms with E-state index < -0.39 is 0 Å². The summed E-state index contributed by atoms with van der Waals surface area (Å²) in [4.78, 5) is 23.0. The third kappa shape index (κ3) is 1.39. The van der Waals surface area contributed by atoms with Gasteiger partial charge in [0.05, 0.1) is 6.04 Å². The minimum atomic E-state index is -0.0948. The molecule has 2 atom stereocenters. The van der Waals surface area contributed by atoms with Crippen LogP contribution in [-0.4, -0.2) is 17.7 Å². The van der Waals surface area contributed by atoms with Gasteiger partial charge in [-0.25, -0.2) is 0 Å². The lowest BCUT2D eigenvalue weighted by molar-refractivity contribution is -0.119. The molecule has 1 aliphatic carbocycles. The number of amides is 1. The maximum Gasteiger partial charge on any atom is 0.244 e. The Balaban J connectivity index is 2.43. The zero-order valence-electron chi connectivity index (χ0n) is 8.33. The molecule has 2 unspecified atom stereocenters. The molecule has 0 fully saturated rings. The molecule has 0 aromatic heterocycles. The first kappa shape index (κ1) is 9.19. The SMILES string of the molecule is CC1=CC(=O)C2CC1NC(=O)C=C2C. The number of fused-ring (bicyclic) bond motifs is 2. The van der Waals surface area contributed by atoms with E-state index in [9.17, 15) is 9.59 Å². The molecule has 1 N–H and O–H groups in total. The van der Waals surface area contributed by atoms with Gasteiger partial charge in [0.25, 0.3) is 0 Å². The van der Waals surface area contributed by atoms with Crippen LogP contribution in [0.2, 0.25) is 0 Å². The summed E-state index contributed by atoms with van der Waals surface area (Å²) < 4.78 is 0. The van der Waals surface area contributed by atoms with Crippen molar-refractivity contribution >= 4 is 11.7 Å². The van der Waals surface area contributed by atoms with Crippen LogP contribution < -0.4 is 5.32 Å². The van der Waals surface area contributed by atoms with E-state index in [-0.39, 0.29) is 23.7 Å². The average Bonchev–Trinajstić information content (AvgIpc) is 2.20. The number of carbonyl (C=O) groups excluding carboxylic acids is 2. The summed E-state index contributed by atoms with van der Waals surface area (Å²) in [7, 11) is 0. The molecule has 0 saturated carbocycles. The number of nitrogens with one attached hydrogen (secondary N) is 1. The Morgan fingerprint density at radius 1 is 1.21 bits per heavy atom. The van der Waals surface area contributed by atoms with Gasteiger partial charge in [-0.3, -0.25) is 9.59 Å². The van der Waals surface area contributed by atoms with E-state index >= 15 is 0 Å². The molecular formula is C11H13NO2. The summed E-state index contributed by atoms with van der Waals surface area (Å²) in [5.41, 5.74) is 1.83. The van der Waals surface area contributed by atoms with Gasteiger partial charge in [-0.15, -0.1) is 0 Å². The van der Waals surface area contributed by atoms with E-state index in [1.54, 1.807) is 6.08 Å². The van der Waals surface area contributed by atoms with Gasteiger partial charge in [-0.1, -0.05) is 5.57 Å². The Bertz CT molecular complexity index is 365. The predicted molar refractivity (Wildman–Crippen MR) is 52.6 cm³/mol. The zero-order valence-corrected chi connectivity index (χ0v) is 8.33. The van der Waals surface area contributed by atoms with Crippen molar-refractivity contribution in [2.45, 2.75) is 26.3 Å². The molecule has 0 aromatic rings. The summed E-state index contributed by atoms with van der Waals surface area (Å²) in [5, 5.41) is 2.88. The van der Waals surface area contributed by atoms with Crippen LogP contribution >= 0.6 is 0 Å². The predicted octanol–water partition coefficient (Wildman–Crippen LogP) is 0.966. The van der Waals surface area contributed by atoms with Crippen LogP contribution in [0.15, 0.2) is 23.3 Å². The Morgan fingerprint density at radius 3 is 2.64 bits per heavy atom. The lowest BCUT2D eigenvalue weighted by Crippen LogP contribution is -2.37. The van der Waals surface area contributed by atoms with Gasteiger partial charge in [0.1, 0.15) is 0 Å². The standard InChI is InChI=1S/C11H13NO2/c1-6-4-11(14)12-9-5-8(6)10(13)3-7(9)2/h3-4,8-9H,5H2,1-2H3,(H,12,14). The highest BCUT2D eigenvalue weighted by Gasteiger charge is 2.32. The number of carbonyl (C=O) groups is 2. The number of allylic oxidation sites excluding steroid dienone is 2. The minimum absolute atomic E-state index is 0.0406. The topological polar surface area (TPSA) is 46.2 Å². The Kier molecular flexibility index (Phi) is 2.02. The molecule has 3 heteroatoms. The highest BCUT2D eigenvalue weighted by atomic mass is 16.1. The molecule has 0 aromatic carbocycles. The first-order chi connectivity index (χ1) is 6.58. The third-order valence-electron chi connectivity index (χ3n) is 2.96. The molecule has 0 saturated heterocycles. The molecule has 2 aliphatic rings. The summed E-state index contributed by atoms with van der Waals surface area (Å²) >= 11 is 0. The molecule has 1 amide bonds. The minimum Gasteiger partial charge on any atom is -0.346 e. The molecule has 0 radical (unpaired) electrons. The molecule has 2 bridgehead atoms. The third-order valence-corrected chi connectivity index (χ3v) is 2.96. The van der Waals surface area contributed by atoms with Gasteiger partial charge in [0, 0.05) is 12.0 Å². The summed E-state index contributed by atoms with van der Waals surface area (Å²) in [6.45, 7) is 3.73. The van der Waals surface area contributed by atoms with Crippen LogP contribution in [0.1, 0.15) is 20.3 Å². The highest BCUT2D eigenvalue weighted by molar-refractivity contribution is 5.99. The van der Waals surface area contributed by atoms with E-state index in [1.165, 1.54) is 6.08 Å². The Hall–Kier alpha value is -1.38. The van der Waals surface area contributed by atoms with Gasteiger partial charge in [-0.05, 0) is 31.9 Å². The fourth-order valence-electron chi connectivity index (χ4n) is 2.07. The van der Waals surface area contributed by atoms with Crippen LogP contribution in [0.5, 0.6) is 0 Å². The van der Waals surface area contributed by atoms with Crippen LogP contribution in [0.3, 0.4) is 0 Å². The summed E-state index contributed by atoms with van der Waals surface area (Å²) in [5.74, 6) is -0.0518. The van der Waals surface area contributed by atoms with Crippen molar-refractivity contribution in [3.8, 4) is 0 Å². The van der Waals surface area contributed by atoms with Crippen LogP contribution in [0, 0.1) is 5.92 Å². The van der Waals surface area contributed by atoms with Crippen LogP contribution in [0.25, 0.3) is 0 Å². The van der Waals surface area contributed by atoms with Crippen molar-refractivity contribution in [3.63, 3.8) is 0 Å². The largest absolute Gasteiger partial charge is 0.346 e. The molecule has 3 nitrogen and oxygen atoms in total. The van der Waals surface area contributed by atoms with Crippen molar-refractivity contribution in [3.05, 3.63) is 23.3 Å². The number of ketones is 1. The second-order valence-corrected chi connectivity index (χ2v) is 4.03. The lowest BCUT2D eigenvalue weighted by atomic mass is 9.82. The fourth-order valence-corrected chi connectivity index (χ4v) is 2.07. The monoisotopic (exact) mass is 191 g/mol. The maximum atomic E-state index is 11.6. The summed E-state index contributed by atoms with van der Waals surface area (Å²) in [6.07, 6.45) is 3.91. The first-order valence-electron chi connectivity index (χ1n) is 4.78. The second-order valence-electron chi connectivity index (χ2n) is 4.03. The number of hydrogen-bond acceptors (Lipinski definition) is 2. The molecule has 14 heavy (non-hydrogen) atoms. The summed E-state index contributed by atoms with van der Waals surface area (Å²) in [6, 6.07) is 0.0406. The van der Waals surface area contributed by atoms with E-state index in [2.05, 4.69) is 5.32 Å². The second kappa shape index (κ2) is 3.08. The van der Waals surface area contributed by atoms with Crippen molar-refractivity contribution in [1.29, 1.82) is 0 Å². The highest BCUT2D eigenvalue weighted by Crippen LogP contribution is 2.28. The van der Waals surface area contributed by atoms with E-state index in [0.717, 1.165) is 17.6 Å². The van der Waals surface area contributed by atoms with Crippen LogP contribution in [0.4, 0.5) is 0 Å².